The van der Waals surface area contributed by atoms with Gasteiger partial charge in [0, 0.05) is 6.04 Å². The summed E-state index contributed by atoms with van der Waals surface area (Å²) in [5.41, 5.74) is 12.0. The molecule has 0 aliphatic heterocycles. The van der Waals surface area contributed by atoms with E-state index in [2.05, 4.69) is 64.8 Å². The maximum atomic E-state index is 11.5. The van der Waals surface area contributed by atoms with E-state index in [1.54, 1.807) is 6.07 Å². The van der Waals surface area contributed by atoms with E-state index in [1.165, 1.54) is 25.5 Å². The average Bonchev–Trinajstić information content (AvgIpc) is 3.08. The molecular formula is C21H25N3O2. The molecule has 1 aliphatic carbocycles. The van der Waals surface area contributed by atoms with Crippen LogP contribution in [0, 0.1) is 19.8 Å². The summed E-state index contributed by atoms with van der Waals surface area (Å²) in [5.74, 6) is 1.45. The van der Waals surface area contributed by atoms with Gasteiger partial charge in [-0.3, -0.25) is 0 Å². The van der Waals surface area contributed by atoms with Gasteiger partial charge in [-0.05, 0) is 56.5 Å². The number of nitrogens with one attached hydrogen (secondary N) is 2. The fourth-order valence-electron chi connectivity index (χ4n) is 2.23. The fraction of sp³-hybridized carbons (Fsp3) is 0.333. The molecule has 0 saturated heterocycles. The molecule has 5 nitrogen and oxygen atoms in total. The minimum atomic E-state index is -0.249. The van der Waals surface area contributed by atoms with Crippen molar-refractivity contribution >= 4 is 12.2 Å². The number of nitrogens with zero attached hydrogens (tertiary/aromatic N) is 1. The van der Waals surface area contributed by atoms with Crippen molar-refractivity contribution in [2.75, 3.05) is 0 Å². The SMILES string of the molecule is C#C.C=C=C=C=C=C.Cc1ccc(/C=N/NC(=O)NC2CCCCC2)o1. The van der Waals surface area contributed by atoms with Crippen LogP contribution in [0.25, 0.3) is 0 Å². The number of urea groups is 1. The van der Waals surface area contributed by atoms with E-state index in [4.69, 9.17) is 4.42 Å². The molecule has 0 aromatic carbocycles. The van der Waals surface area contributed by atoms with Gasteiger partial charge in [-0.2, -0.15) is 5.10 Å². The highest BCUT2D eigenvalue weighted by molar-refractivity contribution is 5.79. The summed E-state index contributed by atoms with van der Waals surface area (Å²) < 4.78 is 5.29. The fourth-order valence-corrected chi connectivity index (χ4v) is 2.23. The molecule has 1 heterocycles. The molecule has 1 aromatic rings. The molecule has 2 rings (SSSR count). The normalized spacial score (nSPS) is 12.6. The van der Waals surface area contributed by atoms with Gasteiger partial charge in [0.25, 0.3) is 0 Å². The number of aryl methyl sites for hydroxylation is 1. The number of hydrogen-bond acceptors (Lipinski definition) is 3. The molecular weight excluding hydrogens is 326 g/mol. The monoisotopic (exact) mass is 351 g/mol. The van der Waals surface area contributed by atoms with Gasteiger partial charge in [-0.25, -0.2) is 10.2 Å². The number of carbonyl (C=O) groups excluding carboxylic acids is 1. The van der Waals surface area contributed by atoms with Crippen molar-refractivity contribution in [2.24, 2.45) is 5.10 Å². The second-order valence-corrected chi connectivity index (χ2v) is 5.23. The van der Waals surface area contributed by atoms with Crippen LogP contribution in [0.3, 0.4) is 0 Å². The third-order valence-electron chi connectivity index (χ3n) is 3.30. The van der Waals surface area contributed by atoms with Gasteiger partial charge in [0.05, 0.1) is 6.21 Å². The number of terminal acetylenes is 1. The first-order chi connectivity index (χ1) is 12.7. The van der Waals surface area contributed by atoms with E-state index < -0.39 is 0 Å². The lowest BCUT2D eigenvalue weighted by Gasteiger charge is -2.22. The topological polar surface area (TPSA) is 66.6 Å². The molecule has 0 radical (unpaired) electrons. The first-order valence-electron chi connectivity index (χ1n) is 8.19. The molecule has 136 valence electrons. The first kappa shape index (κ1) is 22.6. The van der Waals surface area contributed by atoms with Crippen LogP contribution < -0.4 is 10.7 Å². The lowest BCUT2D eigenvalue weighted by atomic mass is 9.96. The van der Waals surface area contributed by atoms with Crippen molar-refractivity contribution in [3.05, 3.63) is 59.7 Å². The number of rotatable bonds is 3. The lowest BCUT2D eigenvalue weighted by Crippen LogP contribution is -2.41. The molecule has 1 aromatic heterocycles. The Morgan fingerprint density at radius 2 is 1.85 bits per heavy atom. The first-order valence-corrected chi connectivity index (χ1v) is 8.19. The Hall–Kier alpha value is -3.36. The zero-order valence-electron chi connectivity index (χ0n) is 15.2. The summed E-state index contributed by atoms with van der Waals surface area (Å²) in [6.07, 6.45) is 15.3. The summed E-state index contributed by atoms with van der Waals surface area (Å²) >= 11 is 0. The number of hydrogen-bond donors (Lipinski definition) is 2. The predicted octanol–water partition coefficient (Wildman–Crippen LogP) is 4.23. The molecule has 1 aliphatic rings. The van der Waals surface area contributed by atoms with Gasteiger partial charge in [0.2, 0.25) is 0 Å². The van der Waals surface area contributed by atoms with Crippen molar-refractivity contribution < 1.29 is 9.21 Å². The Bertz CT molecular complexity index is 708. The Morgan fingerprint density at radius 3 is 2.35 bits per heavy atom. The van der Waals surface area contributed by atoms with E-state index in [0.717, 1.165) is 18.6 Å². The van der Waals surface area contributed by atoms with E-state index in [9.17, 15) is 4.79 Å². The van der Waals surface area contributed by atoms with Crippen LogP contribution >= 0.6 is 0 Å². The number of hydrazone groups is 1. The summed E-state index contributed by atoms with van der Waals surface area (Å²) in [6, 6.07) is 3.70. The maximum absolute atomic E-state index is 11.5. The van der Waals surface area contributed by atoms with Crippen molar-refractivity contribution in [3.63, 3.8) is 0 Å². The highest BCUT2D eigenvalue weighted by atomic mass is 16.3. The maximum Gasteiger partial charge on any atom is 0.335 e. The van der Waals surface area contributed by atoms with Crippen molar-refractivity contribution in [2.45, 2.75) is 45.1 Å². The molecule has 2 N–H and O–H groups in total. The van der Waals surface area contributed by atoms with E-state index in [0.29, 0.717) is 11.8 Å². The van der Waals surface area contributed by atoms with E-state index >= 15 is 0 Å². The van der Waals surface area contributed by atoms with Gasteiger partial charge in [0.15, 0.2) is 0 Å². The highest BCUT2D eigenvalue weighted by Crippen LogP contribution is 2.17. The third-order valence-corrected chi connectivity index (χ3v) is 3.30. The zero-order valence-corrected chi connectivity index (χ0v) is 15.2. The molecule has 0 bridgehead atoms. The molecule has 5 heteroatoms. The molecule has 0 unspecified atom stereocenters. The van der Waals surface area contributed by atoms with Crippen LogP contribution in [0.15, 0.2) is 57.7 Å². The largest absolute Gasteiger partial charge is 0.460 e. The van der Waals surface area contributed by atoms with Gasteiger partial charge >= 0.3 is 6.03 Å². The highest BCUT2D eigenvalue weighted by Gasteiger charge is 2.14. The summed E-state index contributed by atoms with van der Waals surface area (Å²) in [5, 5.41) is 6.76. The summed E-state index contributed by atoms with van der Waals surface area (Å²) in [7, 11) is 0. The van der Waals surface area contributed by atoms with Crippen LogP contribution in [0.4, 0.5) is 4.79 Å². The minimum absolute atomic E-state index is 0.249. The van der Waals surface area contributed by atoms with Gasteiger partial charge in [-0.1, -0.05) is 30.7 Å². The third kappa shape index (κ3) is 11.2. The van der Waals surface area contributed by atoms with Crippen molar-refractivity contribution in [1.82, 2.24) is 10.7 Å². The number of amides is 2. The molecule has 0 spiro atoms. The van der Waals surface area contributed by atoms with Crippen molar-refractivity contribution in [3.8, 4) is 12.8 Å². The van der Waals surface area contributed by atoms with Crippen LogP contribution in [0.5, 0.6) is 0 Å². The zero-order chi connectivity index (χ0) is 19.6. The van der Waals surface area contributed by atoms with E-state index in [1.807, 2.05) is 13.0 Å². The Labute approximate surface area is 155 Å². The van der Waals surface area contributed by atoms with Gasteiger partial charge in [0.1, 0.15) is 11.5 Å². The summed E-state index contributed by atoms with van der Waals surface area (Å²) in [6.45, 7) is 8.33. The van der Waals surface area contributed by atoms with Crippen LogP contribution in [-0.4, -0.2) is 18.3 Å². The smallest absolute Gasteiger partial charge is 0.335 e. The van der Waals surface area contributed by atoms with Crippen LogP contribution in [0.1, 0.15) is 43.6 Å². The molecule has 1 saturated carbocycles. The number of furan rings is 1. The van der Waals surface area contributed by atoms with Crippen LogP contribution in [-0.2, 0) is 0 Å². The van der Waals surface area contributed by atoms with Gasteiger partial charge < -0.3 is 9.73 Å². The lowest BCUT2D eigenvalue weighted by molar-refractivity contribution is 0.233. The molecule has 0 atom stereocenters. The molecule has 26 heavy (non-hydrogen) atoms. The second kappa shape index (κ2) is 15.2. The molecule has 1 fully saturated rings. The quantitative estimate of drug-likeness (QED) is 0.370. The Balaban J connectivity index is 0.000000667. The number of carbonyl (C=O) groups is 1. The average molecular weight is 351 g/mol. The van der Waals surface area contributed by atoms with Crippen LogP contribution in [0.2, 0.25) is 0 Å². The Morgan fingerprint density at radius 1 is 1.23 bits per heavy atom. The van der Waals surface area contributed by atoms with Gasteiger partial charge in [-0.15, -0.1) is 12.8 Å². The van der Waals surface area contributed by atoms with E-state index in [-0.39, 0.29) is 6.03 Å². The standard InChI is InChI=1S/C13H19N3O2.C6H4.C2H2/c1-10-7-8-12(18-10)9-14-16-13(17)15-11-5-3-2-4-6-11;1-3-5-6-4-2;1-2/h7-9,11H,2-6H2,1H3,(H2,15,16,17);1-2H2;1-2H/b14-9+;;. The molecule has 2 amide bonds. The second-order valence-electron chi connectivity index (χ2n) is 5.23. The minimum Gasteiger partial charge on any atom is -0.460 e. The Kier molecular flexibility index (Phi) is 13.2. The van der Waals surface area contributed by atoms with Crippen molar-refractivity contribution in [1.29, 1.82) is 0 Å². The summed E-state index contributed by atoms with van der Waals surface area (Å²) in [4.78, 5) is 11.5. The predicted molar refractivity (Wildman–Crippen MR) is 105 cm³/mol.